The van der Waals surface area contributed by atoms with Gasteiger partial charge in [0, 0.05) is 15.6 Å². The average molecular weight is 301 g/mol. The van der Waals surface area contributed by atoms with Crippen molar-refractivity contribution < 1.29 is 0 Å². The van der Waals surface area contributed by atoms with Crippen molar-refractivity contribution in [3.8, 4) is 6.07 Å². The number of nitrogen functional groups attached to an aromatic ring is 1. The molecule has 98 valence electrons. The Balaban J connectivity index is 2.01. The SMILES string of the molecule is N#Cc1ccc(Cl)cc1Sc1nc2ccc(N)cc2[nH]1. The molecule has 1 heterocycles. The lowest BCUT2D eigenvalue weighted by Gasteiger charge is -2.01. The maximum atomic E-state index is 9.11. The van der Waals surface area contributed by atoms with E-state index in [1.807, 2.05) is 12.1 Å². The predicted molar refractivity (Wildman–Crippen MR) is 80.8 cm³/mol. The molecular weight excluding hydrogens is 292 g/mol. The number of nitrogens with zero attached hydrogens (tertiary/aromatic N) is 2. The van der Waals surface area contributed by atoms with Crippen molar-refractivity contribution in [2.24, 2.45) is 0 Å². The van der Waals surface area contributed by atoms with E-state index in [9.17, 15) is 0 Å². The number of nitrogens with one attached hydrogen (secondary N) is 1. The second-order valence-corrected chi connectivity index (χ2v) is 5.64. The molecule has 3 rings (SSSR count). The third-order valence-electron chi connectivity index (χ3n) is 2.75. The van der Waals surface area contributed by atoms with Crippen molar-refractivity contribution >= 4 is 40.1 Å². The Morgan fingerprint density at radius 3 is 2.90 bits per heavy atom. The minimum Gasteiger partial charge on any atom is -0.399 e. The highest BCUT2D eigenvalue weighted by molar-refractivity contribution is 7.99. The molecule has 0 spiro atoms. The standard InChI is InChI=1S/C14H9ClN4S/c15-9-2-1-8(7-16)13(5-9)20-14-18-11-4-3-10(17)6-12(11)19-14/h1-6H,17H2,(H,18,19). The number of aromatic nitrogens is 2. The summed E-state index contributed by atoms with van der Waals surface area (Å²) < 4.78 is 0. The van der Waals surface area contributed by atoms with Crippen LogP contribution >= 0.6 is 23.4 Å². The van der Waals surface area contributed by atoms with Crippen LogP contribution in [-0.2, 0) is 0 Å². The summed E-state index contributed by atoms with van der Waals surface area (Å²) in [5.74, 6) is 0. The second-order valence-electron chi connectivity index (χ2n) is 4.17. The minimum absolute atomic E-state index is 0.569. The number of H-pyrrole nitrogens is 1. The lowest BCUT2D eigenvalue weighted by atomic mass is 10.2. The van der Waals surface area contributed by atoms with Crippen molar-refractivity contribution in [1.82, 2.24) is 9.97 Å². The summed E-state index contributed by atoms with van der Waals surface area (Å²) in [6.45, 7) is 0. The molecular formula is C14H9ClN4S. The number of anilines is 1. The molecule has 0 unspecified atom stereocenters. The molecule has 0 fully saturated rings. The van der Waals surface area contributed by atoms with Gasteiger partial charge < -0.3 is 10.7 Å². The average Bonchev–Trinajstić information content (AvgIpc) is 2.80. The number of aromatic amines is 1. The molecule has 0 aliphatic heterocycles. The Hall–Kier alpha value is -2.16. The molecule has 0 aliphatic rings. The Bertz CT molecular complexity index is 835. The van der Waals surface area contributed by atoms with Gasteiger partial charge in [-0.1, -0.05) is 23.4 Å². The first-order chi connectivity index (χ1) is 9.65. The van der Waals surface area contributed by atoms with Gasteiger partial charge in [-0.3, -0.25) is 0 Å². The van der Waals surface area contributed by atoms with E-state index < -0.39 is 0 Å². The van der Waals surface area contributed by atoms with E-state index in [1.165, 1.54) is 11.8 Å². The second kappa shape index (κ2) is 5.08. The smallest absolute Gasteiger partial charge is 0.171 e. The fourth-order valence-electron chi connectivity index (χ4n) is 1.83. The maximum absolute atomic E-state index is 9.11. The van der Waals surface area contributed by atoms with Crippen molar-refractivity contribution in [2.45, 2.75) is 10.1 Å². The van der Waals surface area contributed by atoms with E-state index >= 15 is 0 Å². The topological polar surface area (TPSA) is 78.5 Å². The quantitative estimate of drug-likeness (QED) is 0.705. The Morgan fingerprint density at radius 2 is 2.10 bits per heavy atom. The lowest BCUT2D eigenvalue weighted by Crippen LogP contribution is -1.82. The van der Waals surface area contributed by atoms with Crippen LogP contribution in [0, 0.1) is 11.3 Å². The predicted octanol–water partition coefficient (Wildman–Crippen LogP) is 3.82. The zero-order valence-corrected chi connectivity index (χ0v) is 11.8. The van der Waals surface area contributed by atoms with Crippen molar-refractivity contribution in [1.29, 1.82) is 5.26 Å². The molecule has 3 aromatic rings. The molecule has 20 heavy (non-hydrogen) atoms. The number of benzene rings is 2. The van der Waals surface area contributed by atoms with Crippen LogP contribution in [0.15, 0.2) is 46.5 Å². The zero-order valence-electron chi connectivity index (χ0n) is 10.2. The van der Waals surface area contributed by atoms with Gasteiger partial charge in [-0.15, -0.1) is 0 Å². The molecule has 4 nitrogen and oxygen atoms in total. The first-order valence-corrected chi connectivity index (χ1v) is 6.98. The van der Waals surface area contributed by atoms with E-state index in [0.717, 1.165) is 15.9 Å². The number of nitrogens with two attached hydrogens (primary N) is 1. The highest BCUT2D eigenvalue weighted by Gasteiger charge is 2.09. The van der Waals surface area contributed by atoms with Gasteiger partial charge in [-0.2, -0.15) is 5.26 Å². The molecule has 0 saturated heterocycles. The van der Waals surface area contributed by atoms with E-state index in [2.05, 4.69) is 16.0 Å². The van der Waals surface area contributed by atoms with E-state index in [1.54, 1.807) is 24.3 Å². The Kier molecular flexibility index (Phi) is 3.26. The summed E-state index contributed by atoms with van der Waals surface area (Å²) in [4.78, 5) is 8.40. The normalized spacial score (nSPS) is 10.6. The van der Waals surface area contributed by atoms with Crippen molar-refractivity contribution in [3.63, 3.8) is 0 Å². The molecule has 0 amide bonds. The van der Waals surface area contributed by atoms with Gasteiger partial charge in [-0.25, -0.2) is 4.98 Å². The molecule has 0 bridgehead atoms. The van der Waals surface area contributed by atoms with Crippen LogP contribution in [0.5, 0.6) is 0 Å². The van der Waals surface area contributed by atoms with Gasteiger partial charge in [0.25, 0.3) is 0 Å². The highest BCUT2D eigenvalue weighted by atomic mass is 35.5. The summed E-state index contributed by atoms with van der Waals surface area (Å²) in [7, 11) is 0. The molecule has 3 N–H and O–H groups in total. The number of imidazole rings is 1. The molecule has 0 atom stereocenters. The Labute approximate surface area is 124 Å². The van der Waals surface area contributed by atoms with Crippen LogP contribution in [0.2, 0.25) is 5.02 Å². The van der Waals surface area contributed by atoms with Crippen LogP contribution in [0.3, 0.4) is 0 Å². The van der Waals surface area contributed by atoms with Crippen molar-refractivity contribution in [3.05, 3.63) is 47.0 Å². The summed E-state index contributed by atoms with van der Waals surface area (Å²) in [6.07, 6.45) is 0. The first-order valence-electron chi connectivity index (χ1n) is 5.78. The molecule has 0 aliphatic carbocycles. The first kappa shape index (κ1) is 12.9. The van der Waals surface area contributed by atoms with E-state index in [-0.39, 0.29) is 0 Å². The molecule has 1 aromatic heterocycles. The van der Waals surface area contributed by atoms with Crippen molar-refractivity contribution in [2.75, 3.05) is 5.73 Å². The number of rotatable bonds is 2. The van der Waals surface area contributed by atoms with E-state index in [4.69, 9.17) is 22.6 Å². The van der Waals surface area contributed by atoms with Gasteiger partial charge in [-0.05, 0) is 36.4 Å². The third-order valence-corrected chi connectivity index (χ3v) is 3.93. The number of fused-ring (bicyclic) bond motifs is 1. The van der Waals surface area contributed by atoms with Crippen LogP contribution in [-0.4, -0.2) is 9.97 Å². The summed E-state index contributed by atoms with van der Waals surface area (Å²) in [6, 6.07) is 12.8. The number of hydrogen-bond donors (Lipinski definition) is 2. The van der Waals surface area contributed by atoms with Gasteiger partial charge in [0.05, 0.1) is 16.6 Å². The number of halogens is 1. The molecule has 6 heteroatoms. The number of hydrogen-bond acceptors (Lipinski definition) is 4. The van der Waals surface area contributed by atoms with Crippen LogP contribution in [0.25, 0.3) is 11.0 Å². The largest absolute Gasteiger partial charge is 0.399 e. The lowest BCUT2D eigenvalue weighted by molar-refractivity contribution is 1.08. The molecule has 0 saturated carbocycles. The summed E-state index contributed by atoms with van der Waals surface area (Å²) >= 11 is 7.34. The zero-order chi connectivity index (χ0) is 14.1. The maximum Gasteiger partial charge on any atom is 0.171 e. The number of nitriles is 1. The monoisotopic (exact) mass is 300 g/mol. The van der Waals surface area contributed by atoms with Gasteiger partial charge in [0.1, 0.15) is 6.07 Å². The van der Waals surface area contributed by atoms with Gasteiger partial charge in [0.2, 0.25) is 0 Å². The molecule has 2 aromatic carbocycles. The fourth-order valence-corrected chi connectivity index (χ4v) is 2.99. The summed E-state index contributed by atoms with van der Waals surface area (Å²) in [5.41, 5.74) is 8.69. The molecule has 0 radical (unpaired) electrons. The highest BCUT2D eigenvalue weighted by Crippen LogP contribution is 2.31. The van der Waals surface area contributed by atoms with Crippen LogP contribution in [0.4, 0.5) is 5.69 Å². The third kappa shape index (κ3) is 2.44. The Morgan fingerprint density at radius 1 is 1.25 bits per heavy atom. The van der Waals surface area contributed by atoms with Gasteiger partial charge in [0.15, 0.2) is 5.16 Å². The van der Waals surface area contributed by atoms with Crippen LogP contribution in [0.1, 0.15) is 5.56 Å². The van der Waals surface area contributed by atoms with Gasteiger partial charge >= 0.3 is 0 Å². The fraction of sp³-hybridized carbons (Fsp3) is 0. The van der Waals surface area contributed by atoms with Crippen LogP contribution < -0.4 is 5.73 Å². The minimum atomic E-state index is 0.569. The summed E-state index contributed by atoms with van der Waals surface area (Å²) in [5, 5.41) is 10.4. The van der Waals surface area contributed by atoms with E-state index in [0.29, 0.717) is 21.4 Å².